The summed E-state index contributed by atoms with van der Waals surface area (Å²) in [6.07, 6.45) is 1.55. The van der Waals surface area contributed by atoms with E-state index in [0.29, 0.717) is 9.63 Å². The summed E-state index contributed by atoms with van der Waals surface area (Å²) < 4.78 is 1.73. The predicted octanol–water partition coefficient (Wildman–Crippen LogP) is 4.88. The van der Waals surface area contributed by atoms with Crippen molar-refractivity contribution in [3.05, 3.63) is 68.0 Å². The number of halogens is 3. The molecule has 11 heteroatoms. The molecule has 0 saturated carbocycles. The van der Waals surface area contributed by atoms with E-state index in [1.54, 1.807) is 37.5 Å². The molecular weight excluding hydrogens is 519 g/mol. The number of rotatable bonds is 6. The van der Waals surface area contributed by atoms with Gasteiger partial charge < -0.3 is 5.32 Å². The van der Waals surface area contributed by atoms with Gasteiger partial charge in [0.25, 0.3) is 11.8 Å². The zero-order chi connectivity index (χ0) is 23.6. The Hall–Kier alpha value is -2.46. The summed E-state index contributed by atoms with van der Waals surface area (Å²) in [5.74, 6) is -0.575. The lowest BCUT2D eigenvalue weighted by Gasteiger charge is -2.27. The summed E-state index contributed by atoms with van der Waals surface area (Å²) in [5.41, 5.74) is 4.27. The number of anilines is 1. The number of nitrogens with one attached hydrogen (secondary N) is 2. The van der Waals surface area contributed by atoms with E-state index in [9.17, 15) is 9.59 Å². The van der Waals surface area contributed by atoms with Gasteiger partial charge in [0.2, 0.25) is 0 Å². The smallest absolute Gasteiger partial charge is 0.274 e. The van der Waals surface area contributed by atoms with Crippen molar-refractivity contribution in [3.63, 3.8) is 0 Å². The van der Waals surface area contributed by atoms with Crippen molar-refractivity contribution >= 4 is 56.6 Å². The Balaban J connectivity index is 2.05. The van der Waals surface area contributed by atoms with Gasteiger partial charge in [0.15, 0.2) is 5.82 Å². The predicted molar refractivity (Wildman–Crippen MR) is 129 cm³/mol. The molecule has 2 heterocycles. The molecular formula is C21H21BrCl2N6O2. The van der Waals surface area contributed by atoms with Gasteiger partial charge in [-0.2, -0.15) is 5.10 Å². The minimum Gasteiger partial charge on any atom is -0.319 e. The highest BCUT2D eigenvalue weighted by Crippen LogP contribution is 2.30. The van der Waals surface area contributed by atoms with Crippen molar-refractivity contribution in [3.8, 4) is 5.82 Å². The van der Waals surface area contributed by atoms with Gasteiger partial charge in [-0.15, -0.1) is 0 Å². The normalized spacial score (nSPS) is 11.0. The average molecular weight is 540 g/mol. The summed E-state index contributed by atoms with van der Waals surface area (Å²) in [6, 6.07) is 8.08. The van der Waals surface area contributed by atoms with Crippen molar-refractivity contribution in [2.45, 2.75) is 26.8 Å². The summed E-state index contributed by atoms with van der Waals surface area (Å²) in [6.45, 7) is 5.57. The largest absolute Gasteiger partial charge is 0.319 e. The number of aryl methyl sites for hydroxylation is 1. The molecule has 0 unspecified atom stereocenters. The lowest BCUT2D eigenvalue weighted by atomic mass is 10.1. The number of hydrogen-bond acceptors (Lipinski definition) is 5. The van der Waals surface area contributed by atoms with Crippen molar-refractivity contribution in [2.24, 2.45) is 0 Å². The third kappa shape index (κ3) is 4.96. The maximum atomic E-state index is 13.3. The number of nitrogens with zero attached hydrogens (tertiary/aromatic N) is 4. The number of carbonyl (C=O) groups excluding carboxylic acids is 2. The second-order valence-corrected chi connectivity index (χ2v) is 8.82. The van der Waals surface area contributed by atoms with Crippen LogP contribution in [0.2, 0.25) is 10.0 Å². The third-order valence-corrected chi connectivity index (χ3v) is 5.51. The first-order valence-electron chi connectivity index (χ1n) is 9.63. The van der Waals surface area contributed by atoms with Gasteiger partial charge in [0.05, 0.1) is 21.3 Å². The van der Waals surface area contributed by atoms with E-state index in [1.165, 1.54) is 15.8 Å². The second-order valence-electron chi connectivity index (χ2n) is 7.19. The van der Waals surface area contributed by atoms with E-state index >= 15 is 0 Å². The molecule has 3 rings (SSSR count). The molecule has 2 amide bonds. The molecule has 168 valence electrons. The lowest BCUT2D eigenvalue weighted by molar-refractivity contribution is 0.0613. The number of aromatic nitrogens is 3. The van der Waals surface area contributed by atoms with E-state index in [4.69, 9.17) is 23.2 Å². The van der Waals surface area contributed by atoms with Crippen LogP contribution in [-0.2, 0) is 0 Å². The second kappa shape index (κ2) is 9.99. The SMILES string of the molecule is CNN(C(=O)c1cc(C)cc(Cl)c1NC(=O)c1cc(Br)nn1-c1ncccc1Cl)C(C)C. The molecule has 0 aliphatic heterocycles. The van der Waals surface area contributed by atoms with Crippen LogP contribution in [0, 0.1) is 6.92 Å². The highest BCUT2D eigenvalue weighted by Gasteiger charge is 2.25. The Labute approximate surface area is 204 Å². The Kier molecular flexibility index (Phi) is 7.55. The van der Waals surface area contributed by atoms with Crippen molar-refractivity contribution < 1.29 is 9.59 Å². The first kappa shape index (κ1) is 24.2. The molecule has 0 spiro atoms. The molecule has 0 atom stereocenters. The van der Waals surface area contributed by atoms with E-state index in [0.717, 1.165) is 5.56 Å². The number of benzene rings is 1. The number of hydrogen-bond donors (Lipinski definition) is 2. The van der Waals surface area contributed by atoms with Crippen molar-refractivity contribution in [2.75, 3.05) is 12.4 Å². The Bertz CT molecular complexity index is 1180. The van der Waals surface area contributed by atoms with Gasteiger partial charge in [-0.05, 0) is 66.5 Å². The Morgan fingerprint density at radius 3 is 2.53 bits per heavy atom. The van der Waals surface area contributed by atoms with Crippen LogP contribution in [0.1, 0.15) is 40.3 Å². The number of carbonyl (C=O) groups is 2. The molecule has 8 nitrogen and oxygen atoms in total. The van der Waals surface area contributed by atoms with Gasteiger partial charge in [-0.3, -0.25) is 14.6 Å². The van der Waals surface area contributed by atoms with E-state index in [2.05, 4.69) is 36.8 Å². The van der Waals surface area contributed by atoms with E-state index < -0.39 is 5.91 Å². The molecule has 0 bridgehead atoms. The minimum absolute atomic E-state index is 0.126. The van der Waals surface area contributed by atoms with Gasteiger partial charge in [0.1, 0.15) is 10.3 Å². The zero-order valence-corrected chi connectivity index (χ0v) is 20.9. The summed E-state index contributed by atoms with van der Waals surface area (Å²) in [5, 5.41) is 9.05. The van der Waals surface area contributed by atoms with Gasteiger partial charge in [-0.25, -0.2) is 15.1 Å². The molecule has 0 aliphatic rings. The van der Waals surface area contributed by atoms with Gasteiger partial charge >= 0.3 is 0 Å². The van der Waals surface area contributed by atoms with Crippen LogP contribution in [0.15, 0.2) is 41.1 Å². The number of amides is 2. The zero-order valence-electron chi connectivity index (χ0n) is 17.8. The van der Waals surface area contributed by atoms with Crippen LogP contribution >= 0.6 is 39.1 Å². The van der Waals surface area contributed by atoms with Crippen LogP contribution in [0.3, 0.4) is 0 Å². The monoisotopic (exact) mass is 538 g/mol. The van der Waals surface area contributed by atoms with Gasteiger partial charge in [0, 0.05) is 25.4 Å². The first-order valence-corrected chi connectivity index (χ1v) is 11.2. The molecule has 2 N–H and O–H groups in total. The van der Waals surface area contributed by atoms with Crippen LogP contribution in [0.4, 0.5) is 5.69 Å². The average Bonchev–Trinajstić information content (AvgIpc) is 3.11. The molecule has 0 aliphatic carbocycles. The quantitative estimate of drug-likeness (QED) is 0.435. The highest BCUT2D eigenvalue weighted by atomic mass is 79.9. The van der Waals surface area contributed by atoms with Crippen LogP contribution in [0.5, 0.6) is 0 Å². The molecule has 0 saturated heterocycles. The summed E-state index contributed by atoms with van der Waals surface area (Å²) >= 11 is 16.0. The molecule has 2 aromatic heterocycles. The standard InChI is InChI=1S/C21H21BrCl2N6O2/c1-11(2)29(25-4)21(32)13-8-12(3)9-15(24)18(13)27-20(31)16-10-17(22)28-30(16)19-14(23)6-5-7-26-19/h5-11,25H,1-4H3,(H,27,31). The maximum absolute atomic E-state index is 13.3. The number of hydrazine groups is 1. The summed E-state index contributed by atoms with van der Waals surface area (Å²) in [4.78, 5) is 30.7. The maximum Gasteiger partial charge on any atom is 0.274 e. The molecule has 3 aromatic rings. The van der Waals surface area contributed by atoms with Crippen molar-refractivity contribution in [1.29, 1.82) is 0 Å². The van der Waals surface area contributed by atoms with Crippen LogP contribution < -0.4 is 10.7 Å². The third-order valence-electron chi connectivity index (χ3n) is 4.53. The molecule has 32 heavy (non-hydrogen) atoms. The molecule has 0 radical (unpaired) electrons. The topological polar surface area (TPSA) is 92.2 Å². The molecule has 0 fully saturated rings. The van der Waals surface area contributed by atoms with Crippen LogP contribution in [-0.4, -0.2) is 44.7 Å². The van der Waals surface area contributed by atoms with Gasteiger partial charge in [-0.1, -0.05) is 23.2 Å². The van der Waals surface area contributed by atoms with Crippen LogP contribution in [0.25, 0.3) is 5.82 Å². The molecule has 1 aromatic carbocycles. The van der Waals surface area contributed by atoms with E-state index in [1.807, 2.05) is 20.8 Å². The van der Waals surface area contributed by atoms with E-state index in [-0.39, 0.29) is 39.7 Å². The fourth-order valence-electron chi connectivity index (χ4n) is 3.15. The minimum atomic E-state index is -0.537. The Morgan fingerprint density at radius 2 is 1.91 bits per heavy atom. The fraction of sp³-hybridized carbons (Fsp3) is 0.238. The fourth-order valence-corrected chi connectivity index (χ4v) is 4.05. The summed E-state index contributed by atoms with van der Waals surface area (Å²) in [7, 11) is 1.65. The lowest BCUT2D eigenvalue weighted by Crippen LogP contribution is -2.45. The first-order chi connectivity index (χ1) is 15.1. The van der Waals surface area contributed by atoms with Crippen molar-refractivity contribution in [1.82, 2.24) is 25.2 Å². The highest BCUT2D eigenvalue weighted by molar-refractivity contribution is 9.10. The Morgan fingerprint density at radius 1 is 1.19 bits per heavy atom. The number of pyridine rings is 1.